The van der Waals surface area contributed by atoms with E-state index in [1.165, 1.54) is 32.2 Å². The zero-order chi connectivity index (χ0) is 11.7. The van der Waals surface area contributed by atoms with E-state index in [2.05, 4.69) is 35.1 Å². The average molecular weight is 225 g/mol. The summed E-state index contributed by atoms with van der Waals surface area (Å²) in [6, 6.07) is 9.66. The SMILES string of the molecule is C#CCN1CCC[C@@H]2c3ccccc3CC[C@H]21. The first kappa shape index (κ1) is 10.9. The number of likely N-dealkylation sites (tertiary alicyclic amines) is 1. The van der Waals surface area contributed by atoms with Crippen LogP contribution in [0, 0.1) is 12.3 Å². The summed E-state index contributed by atoms with van der Waals surface area (Å²) in [7, 11) is 0. The van der Waals surface area contributed by atoms with Gasteiger partial charge in [-0.1, -0.05) is 30.2 Å². The van der Waals surface area contributed by atoms with E-state index < -0.39 is 0 Å². The fraction of sp³-hybridized carbons (Fsp3) is 0.500. The van der Waals surface area contributed by atoms with E-state index in [0.717, 1.165) is 12.5 Å². The van der Waals surface area contributed by atoms with Crippen molar-refractivity contribution in [3.63, 3.8) is 0 Å². The lowest BCUT2D eigenvalue weighted by Crippen LogP contribution is -2.46. The van der Waals surface area contributed by atoms with Gasteiger partial charge < -0.3 is 0 Å². The molecule has 0 amide bonds. The zero-order valence-electron chi connectivity index (χ0n) is 10.2. The van der Waals surface area contributed by atoms with Crippen LogP contribution in [0.3, 0.4) is 0 Å². The molecule has 1 aliphatic heterocycles. The van der Waals surface area contributed by atoms with Gasteiger partial charge in [-0.2, -0.15) is 0 Å². The minimum absolute atomic E-state index is 0.690. The molecule has 1 heteroatoms. The molecule has 1 aliphatic carbocycles. The topological polar surface area (TPSA) is 3.24 Å². The summed E-state index contributed by atoms with van der Waals surface area (Å²) >= 11 is 0. The van der Waals surface area contributed by atoms with Crippen molar-refractivity contribution in [1.82, 2.24) is 4.90 Å². The summed E-state index contributed by atoms with van der Waals surface area (Å²) in [6.07, 6.45) is 10.6. The van der Waals surface area contributed by atoms with Crippen molar-refractivity contribution in [2.75, 3.05) is 13.1 Å². The summed E-state index contributed by atoms with van der Waals surface area (Å²) in [5.41, 5.74) is 3.15. The molecule has 1 nitrogen and oxygen atoms in total. The van der Waals surface area contributed by atoms with Crippen LogP contribution < -0.4 is 0 Å². The molecule has 88 valence electrons. The Morgan fingerprint density at radius 3 is 3.06 bits per heavy atom. The fourth-order valence-corrected chi connectivity index (χ4v) is 3.61. The van der Waals surface area contributed by atoms with E-state index >= 15 is 0 Å². The summed E-state index contributed by atoms with van der Waals surface area (Å²) < 4.78 is 0. The molecule has 0 aromatic heterocycles. The maximum absolute atomic E-state index is 5.48. The van der Waals surface area contributed by atoms with E-state index in [1.54, 1.807) is 11.1 Å². The molecular formula is C16H19N. The van der Waals surface area contributed by atoms with Crippen LogP contribution in [0.15, 0.2) is 24.3 Å². The number of piperidine rings is 1. The van der Waals surface area contributed by atoms with Gasteiger partial charge in [0, 0.05) is 6.04 Å². The first-order chi connectivity index (χ1) is 8.40. The largest absolute Gasteiger partial charge is 0.289 e. The van der Waals surface area contributed by atoms with E-state index in [1.807, 2.05) is 0 Å². The number of benzene rings is 1. The summed E-state index contributed by atoms with van der Waals surface area (Å²) in [5.74, 6) is 3.54. The van der Waals surface area contributed by atoms with Crippen molar-refractivity contribution in [2.45, 2.75) is 37.6 Å². The second kappa shape index (κ2) is 4.55. The Morgan fingerprint density at radius 2 is 2.18 bits per heavy atom. The molecule has 1 heterocycles. The number of hydrogen-bond acceptors (Lipinski definition) is 1. The Bertz CT molecular complexity index is 443. The third-order valence-corrected chi connectivity index (χ3v) is 4.35. The third-order valence-electron chi connectivity index (χ3n) is 4.35. The fourth-order valence-electron chi connectivity index (χ4n) is 3.61. The lowest BCUT2D eigenvalue weighted by atomic mass is 9.74. The van der Waals surface area contributed by atoms with Crippen molar-refractivity contribution < 1.29 is 0 Å². The molecule has 17 heavy (non-hydrogen) atoms. The monoisotopic (exact) mass is 225 g/mol. The predicted octanol–water partition coefficient (Wildman–Crippen LogP) is 2.81. The Labute approximate surface area is 104 Å². The van der Waals surface area contributed by atoms with Gasteiger partial charge in [-0.05, 0) is 49.3 Å². The van der Waals surface area contributed by atoms with Gasteiger partial charge in [-0.15, -0.1) is 6.42 Å². The quantitative estimate of drug-likeness (QED) is 0.664. The Hall–Kier alpha value is -1.26. The second-order valence-electron chi connectivity index (χ2n) is 5.23. The molecule has 1 fully saturated rings. The maximum atomic E-state index is 5.48. The maximum Gasteiger partial charge on any atom is 0.0601 e. The molecule has 1 aromatic carbocycles. The lowest BCUT2D eigenvalue weighted by molar-refractivity contribution is 0.129. The van der Waals surface area contributed by atoms with Crippen LogP contribution in [0.2, 0.25) is 0 Å². The molecule has 0 unspecified atom stereocenters. The minimum atomic E-state index is 0.690. The Morgan fingerprint density at radius 1 is 1.29 bits per heavy atom. The van der Waals surface area contributed by atoms with Gasteiger partial charge in [-0.3, -0.25) is 4.90 Å². The van der Waals surface area contributed by atoms with E-state index in [9.17, 15) is 0 Å². The standard InChI is InChI=1S/C16H19N/c1-2-11-17-12-5-8-15-14-7-4-3-6-13(14)9-10-16(15)17/h1,3-4,6-7,15-16H,5,8-12H2/t15-,16-/m1/s1. The van der Waals surface area contributed by atoms with Gasteiger partial charge in [0.15, 0.2) is 0 Å². The van der Waals surface area contributed by atoms with Crippen molar-refractivity contribution in [3.05, 3.63) is 35.4 Å². The zero-order valence-corrected chi connectivity index (χ0v) is 10.2. The molecule has 0 spiro atoms. The van der Waals surface area contributed by atoms with E-state index in [0.29, 0.717) is 6.04 Å². The Kier molecular flexibility index (Phi) is 2.91. The molecule has 2 atom stereocenters. The summed E-state index contributed by atoms with van der Waals surface area (Å²) in [5, 5.41) is 0. The molecule has 0 N–H and O–H groups in total. The first-order valence-corrected chi connectivity index (χ1v) is 6.65. The van der Waals surface area contributed by atoms with Crippen LogP contribution in [0.5, 0.6) is 0 Å². The molecule has 0 bridgehead atoms. The van der Waals surface area contributed by atoms with Gasteiger partial charge in [-0.25, -0.2) is 0 Å². The Balaban J connectivity index is 1.91. The van der Waals surface area contributed by atoms with Crippen molar-refractivity contribution in [1.29, 1.82) is 0 Å². The highest BCUT2D eigenvalue weighted by atomic mass is 15.2. The molecule has 0 radical (unpaired) electrons. The highest BCUT2D eigenvalue weighted by molar-refractivity contribution is 5.35. The lowest BCUT2D eigenvalue weighted by Gasteiger charge is -2.44. The molecule has 3 rings (SSSR count). The number of fused-ring (bicyclic) bond motifs is 3. The van der Waals surface area contributed by atoms with Crippen LogP contribution in [-0.2, 0) is 6.42 Å². The van der Waals surface area contributed by atoms with Crippen LogP contribution in [0.1, 0.15) is 36.3 Å². The normalized spacial score (nSPS) is 27.9. The van der Waals surface area contributed by atoms with Crippen LogP contribution >= 0.6 is 0 Å². The van der Waals surface area contributed by atoms with E-state index in [4.69, 9.17) is 6.42 Å². The third kappa shape index (κ3) is 1.87. The molecule has 0 saturated carbocycles. The van der Waals surface area contributed by atoms with Gasteiger partial charge in [0.25, 0.3) is 0 Å². The van der Waals surface area contributed by atoms with Crippen LogP contribution in [0.25, 0.3) is 0 Å². The predicted molar refractivity (Wildman–Crippen MR) is 70.9 cm³/mol. The first-order valence-electron chi connectivity index (χ1n) is 6.65. The number of nitrogens with zero attached hydrogens (tertiary/aromatic N) is 1. The molecule has 1 aromatic rings. The summed E-state index contributed by atoms with van der Waals surface area (Å²) in [6.45, 7) is 2.01. The average Bonchev–Trinajstić information content (AvgIpc) is 2.39. The van der Waals surface area contributed by atoms with Gasteiger partial charge >= 0.3 is 0 Å². The smallest absolute Gasteiger partial charge is 0.0601 e. The molecule has 1 saturated heterocycles. The number of terminal acetylenes is 1. The van der Waals surface area contributed by atoms with Crippen LogP contribution in [0.4, 0.5) is 0 Å². The number of aryl methyl sites for hydroxylation is 1. The van der Waals surface area contributed by atoms with Gasteiger partial charge in [0.2, 0.25) is 0 Å². The van der Waals surface area contributed by atoms with Crippen molar-refractivity contribution >= 4 is 0 Å². The van der Waals surface area contributed by atoms with Crippen molar-refractivity contribution in [3.8, 4) is 12.3 Å². The van der Waals surface area contributed by atoms with E-state index in [-0.39, 0.29) is 0 Å². The van der Waals surface area contributed by atoms with Gasteiger partial charge in [0.1, 0.15) is 0 Å². The second-order valence-corrected chi connectivity index (χ2v) is 5.23. The summed E-state index contributed by atoms with van der Waals surface area (Å²) in [4.78, 5) is 2.52. The number of rotatable bonds is 1. The molecule has 2 aliphatic rings. The number of hydrogen-bond donors (Lipinski definition) is 0. The highest BCUT2D eigenvalue weighted by Gasteiger charge is 2.35. The molecular weight excluding hydrogens is 206 g/mol. The van der Waals surface area contributed by atoms with Crippen LogP contribution in [-0.4, -0.2) is 24.0 Å². The minimum Gasteiger partial charge on any atom is -0.289 e. The van der Waals surface area contributed by atoms with Gasteiger partial charge in [0.05, 0.1) is 6.54 Å². The van der Waals surface area contributed by atoms with Crippen molar-refractivity contribution in [2.24, 2.45) is 0 Å². The highest BCUT2D eigenvalue weighted by Crippen LogP contribution is 2.40.